The molecule has 2 aliphatic rings. The van der Waals surface area contributed by atoms with Gasteiger partial charge in [0.15, 0.2) is 0 Å². The third kappa shape index (κ3) is 4.50. The molecule has 1 aliphatic carbocycles. The predicted octanol–water partition coefficient (Wildman–Crippen LogP) is 4.83. The molecule has 1 saturated heterocycles. The highest BCUT2D eigenvalue weighted by Crippen LogP contribution is 2.30. The summed E-state index contributed by atoms with van der Waals surface area (Å²) in [4.78, 5) is 18.0. The van der Waals surface area contributed by atoms with Crippen LogP contribution in [0.4, 0.5) is 0 Å². The summed E-state index contributed by atoms with van der Waals surface area (Å²) in [5.41, 5.74) is 3.13. The second-order valence-electron chi connectivity index (χ2n) is 7.33. The first-order chi connectivity index (χ1) is 14.1. The van der Waals surface area contributed by atoms with E-state index in [2.05, 4.69) is 41.3 Å². The summed E-state index contributed by atoms with van der Waals surface area (Å²) in [6, 6.07) is 18.7. The fourth-order valence-corrected chi connectivity index (χ4v) is 4.36. The van der Waals surface area contributed by atoms with E-state index >= 15 is 0 Å². The normalized spacial score (nSPS) is 18.4. The van der Waals surface area contributed by atoms with Gasteiger partial charge in [-0.2, -0.15) is 0 Å². The zero-order valence-electron chi connectivity index (χ0n) is 16.1. The Kier molecular flexibility index (Phi) is 6.24. The lowest BCUT2D eigenvalue weighted by atomic mass is 9.96. The monoisotopic (exact) mass is 422 g/mol. The Morgan fingerprint density at radius 2 is 1.59 bits per heavy atom. The Morgan fingerprint density at radius 3 is 2.24 bits per heavy atom. The summed E-state index contributed by atoms with van der Waals surface area (Å²) in [7, 11) is 0. The van der Waals surface area contributed by atoms with Gasteiger partial charge < -0.3 is 4.90 Å². The molecule has 4 rings (SSSR count). The molecule has 1 atom stereocenters. The van der Waals surface area contributed by atoms with E-state index in [1.165, 1.54) is 11.1 Å². The number of carbonyl (C=O) groups excluding carboxylic acids is 1. The van der Waals surface area contributed by atoms with E-state index in [0.717, 1.165) is 23.0 Å². The number of nitrogens with zero attached hydrogens (tertiary/aromatic N) is 2. The van der Waals surface area contributed by atoms with E-state index < -0.39 is 0 Å². The van der Waals surface area contributed by atoms with Gasteiger partial charge in [0.05, 0.1) is 11.6 Å². The minimum atomic E-state index is 0.0572. The quantitative estimate of drug-likeness (QED) is 0.659. The summed E-state index contributed by atoms with van der Waals surface area (Å²) < 4.78 is 0. The zero-order chi connectivity index (χ0) is 20.2. The lowest BCUT2D eigenvalue weighted by Gasteiger charge is -2.40. The zero-order valence-corrected chi connectivity index (χ0v) is 17.7. The minimum absolute atomic E-state index is 0.0572. The smallest absolute Gasteiger partial charge is 0.255 e. The largest absolute Gasteiger partial charge is 0.336 e. The van der Waals surface area contributed by atoms with Gasteiger partial charge in [-0.3, -0.25) is 9.69 Å². The van der Waals surface area contributed by atoms with Gasteiger partial charge in [-0.1, -0.05) is 78.4 Å². The van der Waals surface area contributed by atoms with Crippen LogP contribution in [0.3, 0.4) is 0 Å². The van der Waals surface area contributed by atoms with Gasteiger partial charge in [-0.25, -0.2) is 0 Å². The maximum atomic E-state index is 12.9. The molecular weight excluding hydrogens is 400 g/mol. The molecule has 0 bridgehead atoms. The van der Waals surface area contributed by atoms with Crippen LogP contribution in [0.5, 0.6) is 0 Å². The average Bonchev–Trinajstić information content (AvgIpc) is 2.76. The highest BCUT2D eigenvalue weighted by Gasteiger charge is 2.30. The van der Waals surface area contributed by atoms with Gasteiger partial charge in [0.1, 0.15) is 0 Å². The highest BCUT2D eigenvalue weighted by molar-refractivity contribution is 7.81. The molecule has 0 saturated carbocycles. The van der Waals surface area contributed by atoms with Crippen LogP contribution in [0, 0.1) is 0 Å². The fraction of sp³-hybridized carbons (Fsp3) is 0.250. The van der Waals surface area contributed by atoms with Gasteiger partial charge in [0, 0.05) is 42.5 Å². The van der Waals surface area contributed by atoms with Crippen LogP contribution in [-0.2, 0) is 4.79 Å². The Hall–Kier alpha value is -2.27. The van der Waals surface area contributed by atoms with Crippen molar-refractivity contribution in [1.29, 1.82) is 0 Å². The topological polar surface area (TPSA) is 23.6 Å². The summed E-state index contributed by atoms with van der Waals surface area (Å²) in [5, 5.41) is 0.738. The fourth-order valence-electron chi connectivity index (χ4n) is 3.98. The number of piperazine rings is 1. The molecule has 0 radical (unpaired) electrons. The van der Waals surface area contributed by atoms with Crippen molar-refractivity contribution in [3.8, 4) is 0 Å². The van der Waals surface area contributed by atoms with Gasteiger partial charge in [0.25, 0.3) is 5.91 Å². The summed E-state index contributed by atoms with van der Waals surface area (Å²) in [6.07, 6.45) is 6.44. The number of hydrogen-bond acceptors (Lipinski definition) is 3. The molecule has 1 fully saturated rings. The van der Waals surface area contributed by atoms with Crippen molar-refractivity contribution in [3.63, 3.8) is 0 Å². The second kappa shape index (κ2) is 9.04. The Balaban J connectivity index is 1.52. The number of rotatable bonds is 4. The number of benzene rings is 2. The molecule has 2 aromatic carbocycles. The van der Waals surface area contributed by atoms with Crippen molar-refractivity contribution < 1.29 is 4.79 Å². The van der Waals surface area contributed by atoms with Crippen molar-refractivity contribution in [2.24, 2.45) is 0 Å². The first kappa shape index (κ1) is 20.0. The molecule has 1 aliphatic heterocycles. The molecule has 0 aromatic heterocycles. The molecule has 3 nitrogen and oxygen atoms in total. The molecule has 29 heavy (non-hydrogen) atoms. The number of amides is 1. The number of thiocarbonyl (C=S) groups is 1. The van der Waals surface area contributed by atoms with Crippen LogP contribution < -0.4 is 0 Å². The second-order valence-corrected chi connectivity index (χ2v) is 8.26. The third-order valence-electron chi connectivity index (χ3n) is 5.50. The number of allylic oxidation sites excluding steroid dienone is 3. The maximum absolute atomic E-state index is 12.9. The van der Waals surface area contributed by atoms with Crippen LogP contribution in [0.25, 0.3) is 0 Å². The maximum Gasteiger partial charge on any atom is 0.255 e. The van der Waals surface area contributed by atoms with Crippen LogP contribution in [-0.4, -0.2) is 46.8 Å². The van der Waals surface area contributed by atoms with E-state index in [4.69, 9.17) is 23.8 Å². The van der Waals surface area contributed by atoms with E-state index in [9.17, 15) is 4.79 Å². The van der Waals surface area contributed by atoms with Crippen molar-refractivity contribution >= 4 is 34.6 Å². The van der Waals surface area contributed by atoms with E-state index in [1.807, 2.05) is 41.3 Å². The van der Waals surface area contributed by atoms with Crippen LogP contribution in [0.15, 0.2) is 78.4 Å². The third-order valence-corrected chi connectivity index (χ3v) is 6.14. The number of hydrogen-bond donors (Lipinski definition) is 0. The Labute approximate surface area is 182 Å². The van der Waals surface area contributed by atoms with Gasteiger partial charge in [-0.05, 0) is 29.3 Å². The molecule has 1 amide bonds. The van der Waals surface area contributed by atoms with Crippen molar-refractivity contribution in [2.75, 3.05) is 26.2 Å². The number of halogens is 1. The highest BCUT2D eigenvalue weighted by atomic mass is 35.5. The van der Waals surface area contributed by atoms with Gasteiger partial charge >= 0.3 is 0 Å². The summed E-state index contributed by atoms with van der Waals surface area (Å²) in [6.45, 7) is 3.01. The molecule has 148 valence electrons. The molecule has 5 heteroatoms. The predicted molar refractivity (Wildman–Crippen MR) is 122 cm³/mol. The van der Waals surface area contributed by atoms with Crippen LogP contribution in [0.1, 0.15) is 23.6 Å². The Bertz CT molecular complexity index is 945. The lowest BCUT2D eigenvalue weighted by Crippen LogP contribution is -2.50. The number of carbonyl (C=O) groups is 1. The van der Waals surface area contributed by atoms with Crippen molar-refractivity contribution in [1.82, 2.24) is 9.80 Å². The minimum Gasteiger partial charge on any atom is -0.336 e. The summed E-state index contributed by atoms with van der Waals surface area (Å²) >= 11 is 11.5. The standard InChI is InChI=1S/C24H23ClN2OS/c25-20-12-10-19(11-13-20)23(18-6-2-1-3-7-18)26-14-16-27(17-15-26)24(28)21-8-4-5-9-22(21)29/h1-8,10-13,23H,9,14-17H2. The first-order valence-electron chi connectivity index (χ1n) is 9.87. The lowest BCUT2D eigenvalue weighted by molar-refractivity contribution is -0.128. The molecule has 0 N–H and O–H groups in total. The SMILES string of the molecule is O=C(C1=CC=CCC1=S)N1CCN(C(c2ccccc2)c2ccc(Cl)cc2)CC1. The van der Waals surface area contributed by atoms with E-state index in [1.54, 1.807) is 0 Å². The molecule has 0 spiro atoms. The van der Waals surface area contributed by atoms with Gasteiger partial charge in [0.2, 0.25) is 0 Å². The van der Waals surface area contributed by atoms with Gasteiger partial charge in [-0.15, -0.1) is 0 Å². The molecule has 1 heterocycles. The van der Waals surface area contributed by atoms with Crippen LogP contribution >= 0.6 is 23.8 Å². The summed E-state index contributed by atoms with van der Waals surface area (Å²) in [5.74, 6) is 0.0572. The van der Waals surface area contributed by atoms with E-state index in [0.29, 0.717) is 25.1 Å². The molecule has 2 aromatic rings. The van der Waals surface area contributed by atoms with Crippen molar-refractivity contribution in [3.05, 3.63) is 94.5 Å². The van der Waals surface area contributed by atoms with Crippen LogP contribution in [0.2, 0.25) is 5.02 Å². The first-order valence-corrected chi connectivity index (χ1v) is 10.7. The Morgan fingerprint density at radius 1 is 0.931 bits per heavy atom. The van der Waals surface area contributed by atoms with E-state index in [-0.39, 0.29) is 11.9 Å². The molecule has 1 unspecified atom stereocenters. The average molecular weight is 423 g/mol. The van der Waals surface area contributed by atoms with Crippen molar-refractivity contribution in [2.45, 2.75) is 12.5 Å². The molecular formula is C24H23ClN2OS.